The zero-order chi connectivity index (χ0) is 29.2. The Hall–Kier alpha value is -3.97. The number of aromatic nitrogens is 5. The van der Waals surface area contributed by atoms with Crippen molar-refractivity contribution in [2.75, 3.05) is 43.4 Å². The van der Waals surface area contributed by atoms with E-state index in [1.54, 1.807) is 12.4 Å². The predicted octanol–water partition coefficient (Wildman–Crippen LogP) is 5.40. The number of likely N-dealkylation sites (tertiary alicyclic amines) is 1. The van der Waals surface area contributed by atoms with E-state index in [0.29, 0.717) is 35.5 Å². The number of urea groups is 1. The molecule has 1 aromatic carbocycles. The summed E-state index contributed by atoms with van der Waals surface area (Å²) in [6, 6.07) is 6.12. The Morgan fingerprint density at radius 2 is 2.00 bits per heavy atom. The van der Waals surface area contributed by atoms with Crippen LogP contribution < -0.4 is 10.6 Å². The van der Waals surface area contributed by atoms with Crippen molar-refractivity contribution in [2.45, 2.75) is 58.7 Å². The van der Waals surface area contributed by atoms with Gasteiger partial charge in [-0.2, -0.15) is 10.2 Å². The van der Waals surface area contributed by atoms with Crippen LogP contribution >= 0.6 is 11.3 Å². The Morgan fingerprint density at radius 3 is 2.79 bits per heavy atom. The molecule has 0 radical (unpaired) electrons. The summed E-state index contributed by atoms with van der Waals surface area (Å²) in [7, 11) is 0. The van der Waals surface area contributed by atoms with Gasteiger partial charge in [-0.15, -0.1) is 0 Å². The number of hydrogen-bond donors (Lipinski definition) is 2. The van der Waals surface area contributed by atoms with Crippen LogP contribution in [0.4, 0.5) is 21.4 Å². The molecule has 222 valence electrons. The second kappa shape index (κ2) is 12.1. The van der Waals surface area contributed by atoms with Crippen molar-refractivity contribution in [3.05, 3.63) is 47.2 Å². The molecule has 1 unspecified atom stereocenters. The Labute approximate surface area is 248 Å². The molecule has 0 bridgehead atoms. The molecular formula is C29H37N9O3S. The molecule has 4 aromatic rings. The SMILES string of the molecule is CCN(CC)C(=O)N1CC[C@@H](n2ccc(Nc3ncc(C(=O)Nc4c(C)ccc5c4cnn5C4CCCCO4)s3)n2)C1. The molecule has 3 amide bonds. The molecule has 5 heterocycles. The van der Waals surface area contributed by atoms with E-state index in [1.807, 2.05) is 64.3 Å². The van der Waals surface area contributed by atoms with E-state index in [4.69, 9.17) is 4.74 Å². The number of ether oxygens (including phenoxy) is 1. The summed E-state index contributed by atoms with van der Waals surface area (Å²) in [5.41, 5.74) is 2.64. The first-order valence-electron chi connectivity index (χ1n) is 14.7. The molecule has 0 saturated carbocycles. The molecule has 2 atom stereocenters. The largest absolute Gasteiger partial charge is 0.356 e. The fourth-order valence-corrected chi connectivity index (χ4v) is 6.42. The molecule has 2 aliphatic rings. The zero-order valence-corrected chi connectivity index (χ0v) is 25.1. The molecule has 0 aliphatic carbocycles. The molecule has 42 heavy (non-hydrogen) atoms. The maximum Gasteiger partial charge on any atom is 0.320 e. The van der Waals surface area contributed by atoms with Crippen LogP contribution in [0.25, 0.3) is 10.9 Å². The van der Waals surface area contributed by atoms with Gasteiger partial charge in [0.1, 0.15) is 4.88 Å². The Kier molecular flexibility index (Phi) is 8.11. The maximum atomic E-state index is 13.3. The number of thiazole rings is 1. The van der Waals surface area contributed by atoms with Gasteiger partial charge in [-0.1, -0.05) is 17.4 Å². The first-order valence-corrected chi connectivity index (χ1v) is 15.5. The zero-order valence-electron chi connectivity index (χ0n) is 24.2. The summed E-state index contributed by atoms with van der Waals surface area (Å²) in [6.07, 6.45) is 9.18. The molecule has 12 nitrogen and oxygen atoms in total. The summed E-state index contributed by atoms with van der Waals surface area (Å²) >= 11 is 1.27. The molecular weight excluding hydrogens is 554 g/mol. The molecule has 13 heteroatoms. The van der Waals surface area contributed by atoms with Gasteiger partial charge in [0, 0.05) is 50.4 Å². The van der Waals surface area contributed by atoms with Gasteiger partial charge in [-0.25, -0.2) is 14.5 Å². The number of nitrogens with zero attached hydrogens (tertiary/aromatic N) is 7. The van der Waals surface area contributed by atoms with Crippen molar-refractivity contribution in [3.63, 3.8) is 0 Å². The highest BCUT2D eigenvalue weighted by molar-refractivity contribution is 7.17. The first-order chi connectivity index (χ1) is 20.4. The van der Waals surface area contributed by atoms with E-state index >= 15 is 0 Å². The molecule has 2 N–H and O–H groups in total. The van der Waals surface area contributed by atoms with E-state index < -0.39 is 0 Å². The third-order valence-electron chi connectivity index (χ3n) is 8.07. The normalized spacial score (nSPS) is 18.9. The number of amides is 3. The third kappa shape index (κ3) is 5.58. The van der Waals surface area contributed by atoms with Gasteiger partial charge in [-0.3, -0.25) is 9.48 Å². The Balaban J connectivity index is 1.10. The molecule has 2 saturated heterocycles. The number of nitrogens with one attached hydrogen (secondary N) is 2. The van der Waals surface area contributed by atoms with E-state index in [2.05, 4.69) is 25.8 Å². The fraction of sp³-hybridized carbons (Fsp3) is 0.483. The number of benzene rings is 1. The van der Waals surface area contributed by atoms with Crippen molar-refractivity contribution in [2.24, 2.45) is 0 Å². The number of rotatable bonds is 8. The monoisotopic (exact) mass is 591 g/mol. The average molecular weight is 592 g/mol. The van der Waals surface area contributed by atoms with Crippen LogP contribution in [-0.2, 0) is 4.74 Å². The van der Waals surface area contributed by atoms with Crippen LogP contribution in [0.3, 0.4) is 0 Å². The quantitative estimate of drug-likeness (QED) is 0.281. The average Bonchev–Trinajstić information content (AvgIpc) is 3.82. The maximum absolute atomic E-state index is 13.3. The number of anilines is 3. The van der Waals surface area contributed by atoms with E-state index in [-0.39, 0.29) is 24.2 Å². The minimum absolute atomic E-state index is 0.0799. The number of carbonyl (C=O) groups excluding carboxylic acids is 2. The minimum atomic E-state index is -0.229. The van der Waals surface area contributed by atoms with Crippen LogP contribution in [0, 0.1) is 6.92 Å². The number of aryl methyl sites for hydroxylation is 1. The van der Waals surface area contributed by atoms with Gasteiger partial charge >= 0.3 is 6.03 Å². The summed E-state index contributed by atoms with van der Waals surface area (Å²) in [6.45, 7) is 9.47. The van der Waals surface area contributed by atoms with Crippen molar-refractivity contribution in [1.82, 2.24) is 34.3 Å². The summed E-state index contributed by atoms with van der Waals surface area (Å²) in [5.74, 6) is 0.412. The van der Waals surface area contributed by atoms with Crippen molar-refractivity contribution in [3.8, 4) is 0 Å². The fourth-order valence-electron chi connectivity index (χ4n) is 5.70. The molecule has 3 aromatic heterocycles. The Bertz CT molecular complexity index is 1570. The minimum Gasteiger partial charge on any atom is -0.356 e. The highest BCUT2D eigenvalue weighted by atomic mass is 32.1. The van der Waals surface area contributed by atoms with Gasteiger partial charge in [-0.05, 0) is 58.1 Å². The van der Waals surface area contributed by atoms with Crippen LogP contribution in [0.15, 0.2) is 36.8 Å². The van der Waals surface area contributed by atoms with Gasteiger partial charge in [0.15, 0.2) is 17.2 Å². The standard InChI is InChI=1S/C29H37N9O3S/c1-4-35(5-2)29(40)36-13-11-20(18-36)37-14-12-24(34-37)32-28-30-17-23(42-28)27(39)33-26-19(3)9-10-22-21(26)16-31-38(22)25-8-6-7-15-41-25/h9-10,12,14,16-17,20,25H,4-8,11,13,15,18H2,1-3H3,(H,33,39)(H,30,32,34)/t20-,25?/m1/s1. The predicted molar refractivity (Wildman–Crippen MR) is 162 cm³/mol. The number of carbonyl (C=O) groups is 2. The van der Waals surface area contributed by atoms with Gasteiger partial charge in [0.25, 0.3) is 5.91 Å². The number of fused-ring (bicyclic) bond motifs is 1. The summed E-state index contributed by atoms with van der Waals surface area (Å²) in [5, 5.41) is 17.0. The highest BCUT2D eigenvalue weighted by Crippen LogP contribution is 2.33. The second-order valence-electron chi connectivity index (χ2n) is 10.7. The van der Waals surface area contributed by atoms with Crippen LogP contribution in [-0.4, -0.2) is 79.1 Å². The van der Waals surface area contributed by atoms with Crippen LogP contribution in [0.1, 0.15) is 67.0 Å². The van der Waals surface area contributed by atoms with Gasteiger partial charge < -0.3 is 25.2 Å². The topological polar surface area (TPSA) is 122 Å². The van der Waals surface area contributed by atoms with Gasteiger partial charge in [0.2, 0.25) is 0 Å². The lowest BCUT2D eigenvalue weighted by atomic mass is 10.1. The summed E-state index contributed by atoms with van der Waals surface area (Å²) in [4.78, 5) is 34.6. The van der Waals surface area contributed by atoms with E-state index in [0.717, 1.165) is 61.0 Å². The smallest absolute Gasteiger partial charge is 0.320 e. The lowest BCUT2D eigenvalue weighted by Gasteiger charge is -2.25. The summed E-state index contributed by atoms with van der Waals surface area (Å²) < 4.78 is 9.76. The lowest BCUT2D eigenvalue weighted by molar-refractivity contribution is -0.0366. The highest BCUT2D eigenvalue weighted by Gasteiger charge is 2.30. The van der Waals surface area contributed by atoms with Crippen molar-refractivity contribution < 1.29 is 14.3 Å². The third-order valence-corrected chi connectivity index (χ3v) is 8.98. The van der Waals surface area contributed by atoms with Crippen molar-refractivity contribution in [1.29, 1.82) is 0 Å². The van der Waals surface area contributed by atoms with Crippen molar-refractivity contribution >= 4 is 50.8 Å². The Morgan fingerprint density at radius 1 is 1.14 bits per heavy atom. The molecule has 2 aliphatic heterocycles. The first kappa shape index (κ1) is 28.2. The van der Waals surface area contributed by atoms with E-state index in [9.17, 15) is 9.59 Å². The molecule has 0 spiro atoms. The second-order valence-corrected chi connectivity index (χ2v) is 11.8. The molecule has 6 rings (SSSR count). The van der Waals surface area contributed by atoms with Crippen LogP contribution in [0.2, 0.25) is 0 Å². The van der Waals surface area contributed by atoms with E-state index in [1.165, 1.54) is 11.3 Å². The molecule has 2 fully saturated rings. The van der Waals surface area contributed by atoms with Gasteiger partial charge in [0.05, 0.1) is 29.6 Å². The lowest BCUT2D eigenvalue weighted by Crippen LogP contribution is -2.42. The van der Waals surface area contributed by atoms with Crippen LogP contribution in [0.5, 0.6) is 0 Å². The number of hydrogen-bond acceptors (Lipinski definition) is 8.